The van der Waals surface area contributed by atoms with Gasteiger partial charge < -0.3 is 14.3 Å². The van der Waals surface area contributed by atoms with Gasteiger partial charge in [0.1, 0.15) is 17.9 Å². The molecule has 0 radical (unpaired) electrons. The predicted molar refractivity (Wildman–Crippen MR) is 74.4 cm³/mol. The van der Waals surface area contributed by atoms with E-state index < -0.39 is 11.9 Å². The summed E-state index contributed by atoms with van der Waals surface area (Å²) in [5.74, 6) is -0.832. The summed E-state index contributed by atoms with van der Waals surface area (Å²) >= 11 is 0. The molecular weight excluding hydrogens is 286 g/mol. The van der Waals surface area contributed by atoms with Gasteiger partial charge in [-0.15, -0.1) is 0 Å². The lowest BCUT2D eigenvalue weighted by Crippen LogP contribution is -2.21. The van der Waals surface area contributed by atoms with E-state index in [2.05, 4.69) is 10.5 Å². The highest BCUT2D eigenvalue weighted by Crippen LogP contribution is 2.21. The molecule has 0 spiro atoms. The van der Waals surface area contributed by atoms with Gasteiger partial charge in [-0.2, -0.15) is 10.4 Å². The number of rotatable bonds is 5. The van der Waals surface area contributed by atoms with Crippen molar-refractivity contribution in [3.63, 3.8) is 0 Å². The first-order chi connectivity index (χ1) is 10.6. The summed E-state index contributed by atoms with van der Waals surface area (Å²) in [7, 11) is 0. The summed E-state index contributed by atoms with van der Waals surface area (Å²) in [5, 5.41) is 22.6. The second-order valence-corrected chi connectivity index (χ2v) is 4.19. The minimum absolute atomic E-state index is 0.0808. The molecule has 7 nitrogen and oxygen atoms in total. The van der Waals surface area contributed by atoms with Gasteiger partial charge in [-0.1, -0.05) is 24.3 Å². The Hall–Kier alpha value is -3.40. The highest BCUT2D eigenvalue weighted by Gasteiger charge is 2.04. The fraction of sp³-hybridized carbons (Fsp3) is 0.0667. The molecule has 1 aromatic carbocycles. The topological polar surface area (TPSA) is 119 Å². The van der Waals surface area contributed by atoms with E-state index in [1.807, 2.05) is 0 Å². The zero-order valence-corrected chi connectivity index (χ0v) is 11.3. The van der Waals surface area contributed by atoms with Gasteiger partial charge in [0.25, 0.3) is 5.91 Å². The summed E-state index contributed by atoms with van der Waals surface area (Å²) < 4.78 is 5.48. The first kappa shape index (κ1) is 15.0. The molecule has 0 saturated heterocycles. The number of aromatic carboxylic acids is 1. The van der Waals surface area contributed by atoms with Gasteiger partial charge in [-0.25, -0.2) is 5.43 Å². The number of furan rings is 1. The summed E-state index contributed by atoms with van der Waals surface area (Å²) in [6, 6.07) is 11.1. The molecule has 0 atom stereocenters. The van der Waals surface area contributed by atoms with Crippen LogP contribution in [0.3, 0.4) is 0 Å². The van der Waals surface area contributed by atoms with Crippen molar-refractivity contribution in [2.75, 3.05) is 0 Å². The molecule has 1 aromatic heterocycles. The maximum absolute atomic E-state index is 11.0. The SMILES string of the molecule is N#CCC(=O)NN=Cc1ccc(-c2ccc(C(=O)[O-])cc2)o1. The average Bonchev–Trinajstić information content (AvgIpc) is 2.96. The van der Waals surface area contributed by atoms with E-state index in [0.717, 1.165) is 0 Å². The molecule has 0 aliphatic heterocycles. The van der Waals surface area contributed by atoms with Crippen LogP contribution in [0.1, 0.15) is 22.5 Å². The number of carbonyl (C=O) groups is 2. The second kappa shape index (κ2) is 6.85. The van der Waals surface area contributed by atoms with Gasteiger partial charge >= 0.3 is 0 Å². The minimum atomic E-state index is -1.24. The molecule has 0 fully saturated rings. The molecule has 0 saturated carbocycles. The molecule has 7 heteroatoms. The van der Waals surface area contributed by atoms with Gasteiger partial charge in [-0.05, 0) is 17.7 Å². The molecule has 0 bridgehead atoms. The van der Waals surface area contributed by atoms with Crippen LogP contribution in [0.4, 0.5) is 0 Å². The van der Waals surface area contributed by atoms with E-state index in [1.165, 1.54) is 18.3 Å². The number of carboxylic acids is 1. The first-order valence-corrected chi connectivity index (χ1v) is 6.20. The molecular formula is C15H10N3O4-. The van der Waals surface area contributed by atoms with Crippen LogP contribution in [0.5, 0.6) is 0 Å². The number of nitrogens with zero attached hydrogens (tertiary/aromatic N) is 2. The zero-order chi connectivity index (χ0) is 15.9. The Balaban J connectivity index is 2.05. The van der Waals surface area contributed by atoms with Crippen LogP contribution in [-0.4, -0.2) is 18.1 Å². The monoisotopic (exact) mass is 296 g/mol. The Kier molecular flexibility index (Phi) is 4.67. The van der Waals surface area contributed by atoms with E-state index >= 15 is 0 Å². The van der Waals surface area contributed by atoms with Gasteiger partial charge in [-0.3, -0.25) is 4.79 Å². The number of hydrogen-bond acceptors (Lipinski definition) is 6. The maximum atomic E-state index is 11.0. The fourth-order valence-electron chi connectivity index (χ4n) is 1.63. The molecule has 22 heavy (non-hydrogen) atoms. The Bertz CT molecular complexity index is 754. The predicted octanol–water partition coefficient (Wildman–Crippen LogP) is 0.674. The summed E-state index contributed by atoms with van der Waals surface area (Å²) in [5.41, 5.74) is 2.95. The third-order valence-electron chi connectivity index (χ3n) is 2.65. The van der Waals surface area contributed by atoms with Crippen molar-refractivity contribution >= 4 is 18.1 Å². The highest BCUT2D eigenvalue weighted by atomic mass is 16.4. The van der Waals surface area contributed by atoms with Crippen molar-refractivity contribution < 1.29 is 19.1 Å². The number of carbonyl (C=O) groups excluding carboxylic acids is 2. The van der Waals surface area contributed by atoms with E-state index in [9.17, 15) is 14.7 Å². The number of hydrogen-bond donors (Lipinski definition) is 1. The Labute approximate surface area is 125 Å². The van der Waals surface area contributed by atoms with Crippen molar-refractivity contribution in [3.8, 4) is 17.4 Å². The van der Waals surface area contributed by atoms with Crippen molar-refractivity contribution in [2.24, 2.45) is 5.10 Å². The largest absolute Gasteiger partial charge is 0.545 e. The zero-order valence-electron chi connectivity index (χ0n) is 11.3. The van der Waals surface area contributed by atoms with Crippen LogP contribution >= 0.6 is 0 Å². The van der Waals surface area contributed by atoms with Crippen LogP contribution in [0.2, 0.25) is 0 Å². The molecule has 110 valence electrons. The third-order valence-corrected chi connectivity index (χ3v) is 2.65. The maximum Gasteiger partial charge on any atom is 0.254 e. The van der Waals surface area contributed by atoms with Crippen LogP contribution in [0.15, 0.2) is 45.9 Å². The smallest absolute Gasteiger partial charge is 0.254 e. The Morgan fingerprint density at radius 3 is 2.64 bits per heavy atom. The van der Waals surface area contributed by atoms with Gasteiger partial charge in [0.05, 0.1) is 18.3 Å². The van der Waals surface area contributed by atoms with Gasteiger partial charge in [0, 0.05) is 5.56 Å². The average molecular weight is 296 g/mol. The lowest BCUT2D eigenvalue weighted by molar-refractivity contribution is -0.255. The van der Waals surface area contributed by atoms with Crippen LogP contribution in [-0.2, 0) is 4.79 Å². The van der Waals surface area contributed by atoms with Crippen molar-refractivity contribution in [3.05, 3.63) is 47.7 Å². The lowest BCUT2D eigenvalue weighted by atomic mass is 10.1. The molecule has 0 aliphatic rings. The number of amides is 1. The molecule has 0 unspecified atom stereocenters. The van der Waals surface area contributed by atoms with Crippen LogP contribution in [0, 0.1) is 11.3 Å². The minimum Gasteiger partial charge on any atom is -0.545 e. The number of nitrogens with one attached hydrogen (secondary N) is 1. The Morgan fingerprint density at radius 2 is 2.00 bits per heavy atom. The number of carboxylic acid groups (broad SMARTS) is 1. The molecule has 0 aliphatic carbocycles. The first-order valence-electron chi connectivity index (χ1n) is 6.20. The Morgan fingerprint density at radius 1 is 1.27 bits per heavy atom. The summed E-state index contributed by atoms with van der Waals surface area (Å²) in [4.78, 5) is 21.7. The van der Waals surface area contributed by atoms with Crippen LogP contribution in [0.25, 0.3) is 11.3 Å². The number of benzene rings is 1. The second-order valence-electron chi connectivity index (χ2n) is 4.19. The molecule has 1 heterocycles. The van der Waals surface area contributed by atoms with Gasteiger partial charge in [0.2, 0.25) is 0 Å². The number of hydrazone groups is 1. The van der Waals surface area contributed by atoms with E-state index in [-0.39, 0.29) is 12.0 Å². The van der Waals surface area contributed by atoms with E-state index in [1.54, 1.807) is 30.3 Å². The summed E-state index contributed by atoms with van der Waals surface area (Å²) in [6.45, 7) is 0. The molecule has 2 aromatic rings. The fourth-order valence-corrected chi connectivity index (χ4v) is 1.63. The van der Waals surface area contributed by atoms with Crippen molar-refractivity contribution in [2.45, 2.75) is 6.42 Å². The van der Waals surface area contributed by atoms with Crippen LogP contribution < -0.4 is 10.5 Å². The third kappa shape index (κ3) is 3.80. The summed E-state index contributed by atoms with van der Waals surface area (Å²) in [6.07, 6.45) is 1.03. The molecule has 2 rings (SSSR count). The number of nitriles is 1. The van der Waals surface area contributed by atoms with Crippen molar-refractivity contribution in [1.29, 1.82) is 5.26 Å². The highest BCUT2D eigenvalue weighted by molar-refractivity contribution is 5.86. The standard InChI is InChI=1S/C15H11N3O4/c16-8-7-14(19)18-17-9-12-5-6-13(22-12)10-1-3-11(4-2-10)15(20)21/h1-6,9H,7H2,(H,18,19)(H,20,21)/p-1. The molecule has 1 amide bonds. The van der Waals surface area contributed by atoms with E-state index in [4.69, 9.17) is 9.68 Å². The quantitative estimate of drug-likeness (QED) is 0.642. The lowest BCUT2D eigenvalue weighted by Gasteiger charge is -2.02. The normalized spacial score (nSPS) is 10.3. The van der Waals surface area contributed by atoms with Crippen molar-refractivity contribution in [1.82, 2.24) is 5.43 Å². The van der Waals surface area contributed by atoms with Gasteiger partial charge in [0.15, 0.2) is 0 Å². The van der Waals surface area contributed by atoms with E-state index in [0.29, 0.717) is 17.1 Å². The molecule has 1 N–H and O–H groups in total.